The second-order valence-electron chi connectivity index (χ2n) is 6.38. The summed E-state index contributed by atoms with van der Waals surface area (Å²) in [7, 11) is 0. The Bertz CT molecular complexity index is 1100. The van der Waals surface area contributed by atoms with E-state index in [1.54, 1.807) is 16.9 Å². The molecule has 0 bridgehead atoms. The van der Waals surface area contributed by atoms with E-state index in [2.05, 4.69) is 15.5 Å². The number of anilines is 1. The fraction of sp³-hybridized carbons (Fsp3) is 0.0952. The van der Waals surface area contributed by atoms with Gasteiger partial charge in [0.25, 0.3) is 0 Å². The summed E-state index contributed by atoms with van der Waals surface area (Å²) in [4.78, 5) is 13.9. The first-order chi connectivity index (χ1) is 13.1. The van der Waals surface area contributed by atoms with Crippen LogP contribution in [0.5, 0.6) is 0 Å². The van der Waals surface area contributed by atoms with Gasteiger partial charge in [0.05, 0.1) is 12.1 Å². The van der Waals surface area contributed by atoms with Crippen LogP contribution in [-0.4, -0.2) is 20.9 Å². The number of hydrogen-bond donors (Lipinski definition) is 1. The maximum absolute atomic E-state index is 12.3. The van der Waals surface area contributed by atoms with Crippen LogP contribution in [0.3, 0.4) is 0 Å². The van der Waals surface area contributed by atoms with Gasteiger partial charge in [0.1, 0.15) is 11.0 Å². The molecule has 1 amide bonds. The molecule has 1 N–H and O–H groups in total. The fourth-order valence-electron chi connectivity index (χ4n) is 2.78. The molecule has 134 valence electrons. The highest BCUT2D eigenvalue weighted by Crippen LogP contribution is 2.18. The van der Waals surface area contributed by atoms with Crippen LogP contribution in [0.25, 0.3) is 16.7 Å². The van der Waals surface area contributed by atoms with Gasteiger partial charge in [0.2, 0.25) is 5.91 Å². The zero-order valence-electron chi connectivity index (χ0n) is 14.7. The first-order valence-electron chi connectivity index (χ1n) is 8.55. The van der Waals surface area contributed by atoms with E-state index in [1.165, 1.54) is 5.56 Å². The summed E-state index contributed by atoms with van der Waals surface area (Å²) in [6, 6.07) is 20.7. The van der Waals surface area contributed by atoms with Crippen LogP contribution >= 0.6 is 11.6 Å². The molecule has 0 aliphatic carbocycles. The zero-order valence-corrected chi connectivity index (χ0v) is 15.4. The smallest absolute Gasteiger partial charge is 0.228 e. The Hall–Kier alpha value is -3.18. The molecule has 0 radical (unpaired) electrons. The zero-order chi connectivity index (χ0) is 18.8. The van der Waals surface area contributed by atoms with Crippen LogP contribution in [0.2, 0.25) is 5.02 Å². The predicted molar refractivity (Wildman–Crippen MR) is 107 cm³/mol. The summed E-state index contributed by atoms with van der Waals surface area (Å²) in [6.45, 7) is 2.04. The summed E-state index contributed by atoms with van der Waals surface area (Å²) in [5.74, 6) is -0.0948. The van der Waals surface area contributed by atoms with E-state index in [1.807, 2.05) is 61.5 Å². The molecule has 4 rings (SSSR count). The van der Waals surface area contributed by atoms with Gasteiger partial charge in [0, 0.05) is 10.7 Å². The lowest BCUT2D eigenvalue weighted by Gasteiger charge is -2.05. The summed E-state index contributed by atoms with van der Waals surface area (Å²) >= 11 is 5.87. The molecule has 0 fully saturated rings. The molecule has 5 nitrogen and oxygen atoms in total. The lowest BCUT2D eigenvalue weighted by atomic mass is 10.1. The summed E-state index contributed by atoms with van der Waals surface area (Å²) in [6.07, 6.45) is 0.283. The number of carbonyl (C=O) groups excluding carboxylic acids is 1. The molecule has 0 aliphatic rings. The van der Waals surface area contributed by atoms with Crippen LogP contribution in [-0.2, 0) is 11.2 Å². The lowest BCUT2D eigenvalue weighted by molar-refractivity contribution is -0.115. The standard InChI is InChI=1S/C21H17ClN4O/c1-14-2-9-18(10-3-14)26-24-19-11-8-17(13-20(19)25-26)23-21(27)12-15-4-6-16(22)7-5-15/h2-11,13H,12H2,1H3,(H,23,27). The molecule has 6 heteroatoms. The minimum Gasteiger partial charge on any atom is -0.326 e. The van der Waals surface area contributed by atoms with Crippen molar-refractivity contribution in [2.24, 2.45) is 0 Å². The quantitative estimate of drug-likeness (QED) is 0.567. The van der Waals surface area contributed by atoms with Crippen molar-refractivity contribution < 1.29 is 4.79 Å². The van der Waals surface area contributed by atoms with Gasteiger partial charge >= 0.3 is 0 Å². The summed E-state index contributed by atoms with van der Waals surface area (Å²) in [5.41, 5.74) is 5.16. The predicted octanol–water partition coefficient (Wildman–Crippen LogP) is 4.56. The molecular weight excluding hydrogens is 360 g/mol. The average molecular weight is 377 g/mol. The molecule has 0 spiro atoms. The van der Waals surface area contributed by atoms with Crippen molar-refractivity contribution in [1.29, 1.82) is 0 Å². The van der Waals surface area contributed by atoms with E-state index >= 15 is 0 Å². The highest BCUT2D eigenvalue weighted by Gasteiger charge is 2.08. The summed E-state index contributed by atoms with van der Waals surface area (Å²) in [5, 5.41) is 12.6. The van der Waals surface area contributed by atoms with Gasteiger partial charge in [0.15, 0.2) is 0 Å². The molecule has 4 aromatic rings. The highest BCUT2D eigenvalue weighted by molar-refractivity contribution is 6.30. The molecule has 0 saturated carbocycles. The molecule has 27 heavy (non-hydrogen) atoms. The van der Waals surface area contributed by atoms with Crippen molar-refractivity contribution in [2.75, 3.05) is 5.32 Å². The number of aryl methyl sites for hydroxylation is 1. The SMILES string of the molecule is Cc1ccc(-n2nc3ccc(NC(=O)Cc4ccc(Cl)cc4)cc3n2)cc1. The molecule has 0 unspecified atom stereocenters. The fourth-order valence-corrected chi connectivity index (χ4v) is 2.90. The van der Waals surface area contributed by atoms with E-state index < -0.39 is 0 Å². The Balaban J connectivity index is 1.51. The van der Waals surface area contributed by atoms with Crippen molar-refractivity contribution >= 4 is 34.2 Å². The molecule has 3 aromatic carbocycles. The van der Waals surface area contributed by atoms with E-state index in [4.69, 9.17) is 11.6 Å². The van der Waals surface area contributed by atoms with Crippen molar-refractivity contribution in [2.45, 2.75) is 13.3 Å². The Labute approximate surface area is 161 Å². The third-order valence-electron chi connectivity index (χ3n) is 4.21. The Morgan fingerprint density at radius 1 is 0.963 bits per heavy atom. The maximum atomic E-state index is 12.3. The Morgan fingerprint density at radius 3 is 2.41 bits per heavy atom. The van der Waals surface area contributed by atoms with Crippen LogP contribution in [0, 0.1) is 6.92 Å². The Kier molecular flexibility index (Phi) is 4.60. The van der Waals surface area contributed by atoms with E-state index in [-0.39, 0.29) is 12.3 Å². The molecule has 0 saturated heterocycles. The minimum absolute atomic E-state index is 0.0948. The lowest BCUT2D eigenvalue weighted by Crippen LogP contribution is -2.14. The van der Waals surface area contributed by atoms with Gasteiger partial charge in [-0.3, -0.25) is 4.79 Å². The van der Waals surface area contributed by atoms with Crippen molar-refractivity contribution in [3.8, 4) is 5.69 Å². The van der Waals surface area contributed by atoms with Crippen LogP contribution in [0.1, 0.15) is 11.1 Å². The van der Waals surface area contributed by atoms with Gasteiger partial charge in [-0.15, -0.1) is 10.2 Å². The third kappa shape index (κ3) is 3.99. The van der Waals surface area contributed by atoms with E-state index in [0.717, 1.165) is 22.3 Å². The number of aromatic nitrogens is 3. The van der Waals surface area contributed by atoms with E-state index in [9.17, 15) is 4.79 Å². The number of carbonyl (C=O) groups is 1. The summed E-state index contributed by atoms with van der Waals surface area (Å²) < 4.78 is 0. The van der Waals surface area contributed by atoms with Crippen LogP contribution < -0.4 is 5.32 Å². The molecular formula is C21H17ClN4O. The maximum Gasteiger partial charge on any atom is 0.228 e. The van der Waals surface area contributed by atoms with Crippen LogP contribution in [0.4, 0.5) is 5.69 Å². The molecule has 0 atom stereocenters. The Morgan fingerprint density at radius 2 is 1.67 bits per heavy atom. The topological polar surface area (TPSA) is 59.8 Å². The monoisotopic (exact) mass is 376 g/mol. The number of hydrogen-bond acceptors (Lipinski definition) is 3. The first kappa shape index (κ1) is 17.2. The van der Waals surface area contributed by atoms with Gasteiger partial charge in [-0.1, -0.05) is 41.4 Å². The third-order valence-corrected chi connectivity index (χ3v) is 4.46. The number of nitrogens with one attached hydrogen (secondary N) is 1. The van der Waals surface area contributed by atoms with Gasteiger partial charge in [-0.2, -0.15) is 4.80 Å². The highest BCUT2D eigenvalue weighted by atomic mass is 35.5. The van der Waals surface area contributed by atoms with Crippen molar-refractivity contribution in [3.63, 3.8) is 0 Å². The number of rotatable bonds is 4. The molecule has 1 aromatic heterocycles. The van der Waals surface area contributed by atoms with Gasteiger partial charge < -0.3 is 5.32 Å². The second kappa shape index (κ2) is 7.21. The van der Waals surface area contributed by atoms with Crippen molar-refractivity contribution in [1.82, 2.24) is 15.0 Å². The normalized spacial score (nSPS) is 10.9. The number of nitrogens with zero attached hydrogens (tertiary/aromatic N) is 3. The minimum atomic E-state index is -0.0948. The largest absolute Gasteiger partial charge is 0.326 e. The average Bonchev–Trinajstić information content (AvgIpc) is 3.07. The number of halogens is 1. The van der Waals surface area contributed by atoms with Crippen LogP contribution in [0.15, 0.2) is 66.7 Å². The molecule has 1 heterocycles. The van der Waals surface area contributed by atoms with E-state index in [0.29, 0.717) is 10.7 Å². The van der Waals surface area contributed by atoms with Gasteiger partial charge in [-0.05, 0) is 55.0 Å². The number of benzene rings is 3. The number of fused-ring (bicyclic) bond motifs is 1. The number of amides is 1. The van der Waals surface area contributed by atoms with Crippen molar-refractivity contribution in [3.05, 3.63) is 82.9 Å². The van der Waals surface area contributed by atoms with Gasteiger partial charge in [-0.25, -0.2) is 0 Å². The second-order valence-corrected chi connectivity index (χ2v) is 6.82. The molecule has 0 aliphatic heterocycles. The first-order valence-corrected chi connectivity index (χ1v) is 8.93.